The summed E-state index contributed by atoms with van der Waals surface area (Å²) in [6.45, 7) is 4.52. The molecule has 0 saturated heterocycles. The van der Waals surface area contributed by atoms with Crippen LogP contribution in [0.3, 0.4) is 0 Å². The van der Waals surface area contributed by atoms with Crippen LogP contribution in [0.1, 0.15) is 30.9 Å². The van der Waals surface area contributed by atoms with Gasteiger partial charge >= 0.3 is 0 Å². The van der Waals surface area contributed by atoms with Gasteiger partial charge in [0.1, 0.15) is 5.82 Å². The number of hydrogen-bond donors (Lipinski definition) is 1. The molecule has 7 heteroatoms. The number of nitrogens with one attached hydrogen (secondary N) is 1. The minimum atomic E-state index is -3.70. The molecule has 1 N–H and O–H groups in total. The number of halogens is 1. The fraction of sp³-hybridized carbons (Fsp3) is 0.211. The maximum atomic E-state index is 12.9. The molecule has 0 fully saturated rings. The maximum Gasteiger partial charge on any atom is 0.263 e. The summed E-state index contributed by atoms with van der Waals surface area (Å²) in [5, 5.41) is 4.22. The van der Waals surface area contributed by atoms with E-state index in [1.807, 2.05) is 12.1 Å². The molecule has 3 rings (SSSR count). The van der Waals surface area contributed by atoms with Crippen LogP contribution in [0.15, 0.2) is 65.7 Å². The Morgan fingerprint density at radius 3 is 2.31 bits per heavy atom. The number of benzene rings is 2. The highest BCUT2D eigenvalue weighted by molar-refractivity contribution is 7.92. The second-order valence-electron chi connectivity index (χ2n) is 6.35. The zero-order chi connectivity index (χ0) is 18.7. The van der Waals surface area contributed by atoms with Crippen LogP contribution in [-0.2, 0) is 16.6 Å². The molecule has 1 aromatic heterocycles. The Labute approximate surface area is 152 Å². The van der Waals surface area contributed by atoms with Crippen LogP contribution in [0.5, 0.6) is 0 Å². The fourth-order valence-corrected chi connectivity index (χ4v) is 3.51. The summed E-state index contributed by atoms with van der Waals surface area (Å²) in [6.07, 6.45) is 1.67. The Kier molecular flexibility index (Phi) is 5.08. The third-order valence-electron chi connectivity index (χ3n) is 3.99. The van der Waals surface area contributed by atoms with Crippen molar-refractivity contribution in [2.75, 3.05) is 4.72 Å². The first-order chi connectivity index (χ1) is 12.3. The van der Waals surface area contributed by atoms with Crippen LogP contribution in [-0.4, -0.2) is 18.2 Å². The Hall–Kier alpha value is -2.67. The van der Waals surface area contributed by atoms with Gasteiger partial charge in [-0.3, -0.25) is 9.40 Å². The van der Waals surface area contributed by atoms with E-state index in [1.165, 1.54) is 12.1 Å². The molecule has 136 valence electrons. The van der Waals surface area contributed by atoms with Crippen LogP contribution in [0.2, 0.25) is 0 Å². The molecule has 0 spiro atoms. The third kappa shape index (κ3) is 4.29. The van der Waals surface area contributed by atoms with Gasteiger partial charge < -0.3 is 0 Å². The van der Waals surface area contributed by atoms with Gasteiger partial charge in [0.25, 0.3) is 10.0 Å². The van der Waals surface area contributed by atoms with Crippen LogP contribution in [0.25, 0.3) is 0 Å². The summed E-state index contributed by atoms with van der Waals surface area (Å²) in [5.41, 5.74) is 1.95. The second-order valence-corrected chi connectivity index (χ2v) is 8.04. The van der Waals surface area contributed by atoms with Crippen molar-refractivity contribution in [1.82, 2.24) is 9.78 Å². The van der Waals surface area contributed by atoms with E-state index < -0.39 is 10.0 Å². The van der Waals surface area contributed by atoms with Gasteiger partial charge in [-0.05, 0) is 41.3 Å². The molecule has 0 atom stereocenters. The van der Waals surface area contributed by atoms with E-state index >= 15 is 0 Å². The SMILES string of the molecule is CC(C)c1ccc(S(=O)(=O)Nc2ccn(Cc3ccc(F)cc3)n2)cc1. The number of sulfonamides is 1. The van der Waals surface area contributed by atoms with Crippen molar-refractivity contribution in [2.24, 2.45) is 0 Å². The molecular formula is C19H20FN3O2S. The Bertz CT molecular complexity index is 978. The van der Waals surface area contributed by atoms with Gasteiger partial charge in [0, 0.05) is 12.3 Å². The van der Waals surface area contributed by atoms with Crippen molar-refractivity contribution in [3.05, 3.63) is 77.7 Å². The molecule has 3 aromatic rings. The second kappa shape index (κ2) is 7.29. The van der Waals surface area contributed by atoms with E-state index in [-0.39, 0.29) is 16.5 Å². The van der Waals surface area contributed by atoms with Crippen LogP contribution in [0, 0.1) is 5.82 Å². The molecule has 26 heavy (non-hydrogen) atoms. The highest BCUT2D eigenvalue weighted by Gasteiger charge is 2.16. The lowest BCUT2D eigenvalue weighted by molar-refractivity contribution is 0.600. The molecule has 0 aliphatic heterocycles. The molecule has 0 bridgehead atoms. The highest BCUT2D eigenvalue weighted by Crippen LogP contribution is 2.19. The fourth-order valence-electron chi connectivity index (χ4n) is 2.51. The maximum absolute atomic E-state index is 12.9. The van der Waals surface area contributed by atoms with Gasteiger partial charge in [0.2, 0.25) is 0 Å². The first-order valence-corrected chi connectivity index (χ1v) is 9.72. The number of nitrogens with zero attached hydrogens (tertiary/aromatic N) is 2. The van der Waals surface area contributed by atoms with Crippen molar-refractivity contribution in [3.8, 4) is 0 Å². The van der Waals surface area contributed by atoms with Gasteiger partial charge in [0.05, 0.1) is 11.4 Å². The minimum absolute atomic E-state index is 0.190. The normalized spacial score (nSPS) is 11.7. The minimum Gasteiger partial charge on any atom is -0.266 e. The molecular weight excluding hydrogens is 353 g/mol. The number of anilines is 1. The van der Waals surface area contributed by atoms with E-state index in [9.17, 15) is 12.8 Å². The smallest absolute Gasteiger partial charge is 0.263 e. The predicted molar refractivity (Wildman–Crippen MR) is 99.1 cm³/mol. The third-order valence-corrected chi connectivity index (χ3v) is 5.37. The first kappa shape index (κ1) is 18.1. The van der Waals surface area contributed by atoms with Crippen molar-refractivity contribution in [2.45, 2.75) is 31.2 Å². The zero-order valence-corrected chi connectivity index (χ0v) is 15.4. The summed E-state index contributed by atoms with van der Waals surface area (Å²) in [6, 6.07) is 14.5. The Morgan fingerprint density at radius 1 is 1.04 bits per heavy atom. The molecule has 1 heterocycles. The molecule has 5 nitrogen and oxygen atoms in total. The van der Waals surface area contributed by atoms with Gasteiger partial charge in [-0.25, -0.2) is 12.8 Å². The average molecular weight is 373 g/mol. The zero-order valence-electron chi connectivity index (χ0n) is 14.6. The number of rotatable bonds is 6. The average Bonchev–Trinajstić information content (AvgIpc) is 3.03. The van der Waals surface area contributed by atoms with Crippen LogP contribution in [0.4, 0.5) is 10.2 Å². The molecule has 0 unspecified atom stereocenters. The van der Waals surface area contributed by atoms with E-state index in [0.29, 0.717) is 12.5 Å². The van der Waals surface area contributed by atoms with Gasteiger partial charge in [-0.1, -0.05) is 38.1 Å². The quantitative estimate of drug-likeness (QED) is 0.710. The summed E-state index contributed by atoms with van der Waals surface area (Å²) < 4.78 is 42.0. The summed E-state index contributed by atoms with van der Waals surface area (Å²) in [7, 11) is -3.70. The largest absolute Gasteiger partial charge is 0.266 e. The summed E-state index contributed by atoms with van der Waals surface area (Å²) in [5.74, 6) is 0.271. The Morgan fingerprint density at radius 2 is 1.69 bits per heavy atom. The van der Waals surface area contributed by atoms with Crippen LogP contribution >= 0.6 is 0 Å². The molecule has 0 amide bonds. The molecule has 0 radical (unpaired) electrons. The number of aromatic nitrogens is 2. The van der Waals surface area contributed by atoms with E-state index in [4.69, 9.17) is 0 Å². The predicted octanol–water partition coefficient (Wildman–Crippen LogP) is 3.99. The van der Waals surface area contributed by atoms with Gasteiger partial charge in [-0.2, -0.15) is 5.10 Å². The molecule has 0 aliphatic carbocycles. The summed E-state index contributed by atoms with van der Waals surface area (Å²) >= 11 is 0. The first-order valence-electron chi connectivity index (χ1n) is 8.24. The van der Waals surface area contributed by atoms with Crippen molar-refractivity contribution >= 4 is 15.8 Å². The van der Waals surface area contributed by atoms with Gasteiger partial charge in [-0.15, -0.1) is 0 Å². The van der Waals surface area contributed by atoms with E-state index in [2.05, 4.69) is 23.7 Å². The molecule has 0 aliphatic rings. The topological polar surface area (TPSA) is 64.0 Å². The summed E-state index contributed by atoms with van der Waals surface area (Å²) in [4.78, 5) is 0.190. The monoisotopic (exact) mass is 373 g/mol. The highest BCUT2D eigenvalue weighted by atomic mass is 32.2. The van der Waals surface area contributed by atoms with Gasteiger partial charge in [0.15, 0.2) is 5.82 Å². The lowest BCUT2D eigenvalue weighted by atomic mass is 10.0. The van der Waals surface area contributed by atoms with E-state index in [0.717, 1.165) is 11.1 Å². The lowest BCUT2D eigenvalue weighted by Gasteiger charge is -2.08. The number of hydrogen-bond acceptors (Lipinski definition) is 3. The molecule has 0 saturated carbocycles. The molecule has 2 aromatic carbocycles. The van der Waals surface area contributed by atoms with Crippen molar-refractivity contribution in [1.29, 1.82) is 0 Å². The van der Waals surface area contributed by atoms with E-state index in [1.54, 1.807) is 41.2 Å². The van der Waals surface area contributed by atoms with Crippen molar-refractivity contribution in [3.63, 3.8) is 0 Å². The Balaban J connectivity index is 1.72. The lowest BCUT2D eigenvalue weighted by Crippen LogP contribution is -2.14. The van der Waals surface area contributed by atoms with Crippen molar-refractivity contribution < 1.29 is 12.8 Å². The standard InChI is InChI=1S/C19H20FN3O2S/c1-14(2)16-5-9-18(10-6-16)26(24,25)22-19-11-12-23(21-19)13-15-3-7-17(20)8-4-15/h3-12,14H,13H2,1-2H3,(H,21,22). The van der Waals surface area contributed by atoms with Crippen LogP contribution < -0.4 is 4.72 Å².